The number of para-hydroxylation sites is 1. The Morgan fingerprint density at radius 1 is 1.00 bits per heavy atom. The molecule has 0 atom stereocenters. The van der Waals surface area contributed by atoms with E-state index in [1.807, 2.05) is 24.3 Å². The summed E-state index contributed by atoms with van der Waals surface area (Å²) < 4.78 is 5.99. The monoisotopic (exact) mass is 352 g/mol. The third-order valence-corrected chi connectivity index (χ3v) is 5.42. The lowest BCUT2D eigenvalue weighted by molar-refractivity contribution is 0.615. The topological polar surface area (TPSA) is 38.9 Å². The van der Waals surface area contributed by atoms with Gasteiger partial charge >= 0.3 is 0 Å². The zero-order valence-corrected chi connectivity index (χ0v) is 15.1. The van der Waals surface area contributed by atoms with Crippen molar-refractivity contribution < 1.29 is 4.42 Å². The van der Waals surface area contributed by atoms with Gasteiger partial charge in [0, 0.05) is 15.2 Å². The van der Waals surface area contributed by atoms with Crippen LogP contribution in [0.4, 0.5) is 0 Å². The lowest BCUT2D eigenvalue weighted by atomic mass is 10.2. The van der Waals surface area contributed by atoms with E-state index in [1.165, 1.54) is 4.90 Å². The predicted molar refractivity (Wildman–Crippen MR) is 103 cm³/mol. The van der Waals surface area contributed by atoms with Crippen LogP contribution in [0.15, 0.2) is 62.7 Å². The van der Waals surface area contributed by atoms with E-state index in [-0.39, 0.29) is 0 Å². The Bertz CT molecular complexity index is 1030. The zero-order chi connectivity index (χ0) is 16.5. The standard InChI is InChI=1S/C19H16N2OS2/c1-3-24-17-10-12-6-4-5-7-14(12)20-18(17)19-21-15-11-13(23-2)8-9-16(15)22-19/h4-11H,3H2,1-2H3. The van der Waals surface area contributed by atoms with Gasteiger partial charge in [-0.3, -0.25) is 0 Å². The van der Waals surface area contributed by atoms with Crippen molar-refractivity contribution in [3.8, 4) is 11.6 Å². The second-order valence-electron chi connectivity index (χ2n) is 5.31. The van der Waals surface area contributed by atoms with Crippen LogP contribution in [0.3, 0.4) is 0 Å². The summed E-state index contributed by atoms with van der Waals surface area (Å²) in [5, 5.41) is 1.14. The van der Waals surface area contributed by atoms with Crippen molar-refractivity contribution in [2.75, 3.05) is 12.0 Å². The van der Waals surface area contributed by atoms with Crippen molar-refractivity contribution in [2.24, 2.45) is 0 Å². The summed E-state index contributed by atoms with van der Waals surface area (Å²) in [6.07, 6.45) is 2.06. The Labute approximate surface area is 148 Å². The molecule has 0 amide bonds. The summed E-state index contributed by atoms with van der Waals surface area (Å²) in [6, 6.07) is 16.4. The van der Waals surface area contributed by atoms with Crippen molar-refractivity contribution in [2.45, 2.75) is 16.7 Å². The van der Waals surface area contributed by atoms with Crippen LogP contribution in [0, 0.1) is 0 Å². The normalized spacial score (nSPS) is 11.4. The van der Waals surface area contributed by atoms with Gasteiger partial charge in [0.1, 0.15) is 11.2 Å². The molecule has 0 saturated heterocycles. The van der Waals surface area contributed by atoms with Gasteiger partial charge in [0.15, 0.2) is 5.58 Å². The van der Waals surface area contributed by atoms with E-state index in [1.54, 1.807) is 23.5 Å². The number of aromatic nitrogens is 2. The molecule has 5 heteroatoms. The number of pyridine rings is 1. The first-order valence-electron chi connectivity index (χ1n) is 7.76. The molecule has 24 heavy (non-hydrogen) atoms. The number of rotatable bonds is 4. The number of hydrogen-bond acceptors (Lipinski definition) is 5. The van der Waals surface area contributed by atoms with Gasteiger partial charge in [0.25, 0.3) is 0 Å². The van der Waals surface area contributed by atoms with Crippen LogP contribution in [0.25, 0.3) is 33.6 Å². The molecule has 0 aliphatic rings. The largest absolute Gasteiger partial charge is 0.435 e. The van der Waals surface area contributed by atoms with Crippen LogP contribution < -0.4 is 0 Å². The second-order valence-corrected chi connectivity index (χ2v) is 7.50. The van der Waals surface area contributed by atoms with Gasteiger partial charge < -0.3 is 4.42 Å². The molecule has 0 N–H and O–H groups in total. The first-order chi connectivity index (χ1) is 11.8. The van der Waals surface area contributed by atoms with Crippen LogP contribution >= 0.6 is 23.5 Å². The Morgan fingerprint density at radius 2 is 1.88 bits per heavy atom. The van der Waals surface area contributed by atoms with Gasteiger partial charge in [-0.25, -0.2) is 9.97 Å². The molecule has 2 aromatic carbocycles. The molecule has 4 aromatic rings. The van der Waals surface area contributed by atoms with E-state index in [9.17, 15) is 0 Å². The minimum Gasteiger partial charge on any atom is -0.435 e. The summed E-state index contributed by atoms with van der Waals surface area (Å²) in [7, 11) is 0. The fourth-order valence-corrected chi connectivity index (χ4v) is 3.88. The van der Waals surface area contributed by atoms with E-state index in [0.29, 0.717) is 5.89 Å². The zero-order valence-electron chi connectivity index (χ0n) is 13.4. The molecule has 3 nitrogen and oxygen atoms in total. The van der Waals surface area contributed by atoms with Gasteiger partial charge in [-0.05, 0) is 42.3 Å². The fourth-order valence-electron chi connectivity index (χ4n) is 2.65. The van der Waals surface area contributed by atoms with E-state index in [0.717, 1.165) is 38.3 Å². The Balaban J connectivity index is 1.92. The first-order valence-corrected chi connectivity index (χ1v) is 9.97. The highest BCUT2D eigenvalue weighted by Gasteiger charge is 2.16. The van der Waals surface area contributed by atoms with Crippen LogP contribution in [0.1, 0.15) is 6.92 Å². The van der Waals surface area contributed by atoms with Crippen molar-refractivity contribution >= 4 is 45.5 Å². The lowest BCUT2D eigenvalue weighted by Crippen LogP contribution is -1.90. The predicted octanol–water partition coefficient (Wildman–Crippen LogP) is 5.88. The Kier molecular flexibility index (Phi) is 4.21. The van der Waals surface area contributed by atoms with Crippen LogP contribution in [-0.2, 0) is 0 Å². The molecule has 2 aromatic heterocycles. The highest BCUT2D eigenvalue weighted by atomic mass is 32.2. The highest BCUT2D eigenvalue weighted by Crippen LogP contribution is 2.34. The number of nitrogens with zero attached hydrogens (tertiary/aromatic N) is 2. The summed E-state index contributed by atoms with van der Waals surface area (Å²) >= 11 is 3.46. The molecule has 0 aliphatic heterocycles. The van der Waals surface area contributed by atoms with Crippen molar-refractivity contribution in [1.82, 2.24) is 9.97 Å². The van der Waals surface area contributed by atoms with Gasteiger partial charge in [0.2, 0.25) is 5.89 Å². The number of benzene rings is 2. The summed E-state index contributed by atoms with van der Waals surface area (Å²) in [5.74, 6) is 1.56. The first kappa shape index (κ1) is 15.5. The molecule has 0 fully saturated rings. The van der Waals surface area contributed by atoms with Crippen molar-refractivity contribution in [3.63, 3.8) is 0 Å². The molecule has 0 radical (unpaired) electrons. The summed E-state index contributed by atoms with van der Waals surface area (Å²) in [5.41, 5.74) is 3.45. The molecule has 4 rings (SSSR count). The maximum absolute atomic E-state index is 5.99. The second kappa shape index (κ2) is 6.49. The molecule has 2 heterocycles. The van der Waals surface area contributed by atoms with E-state index < -0.39 is 0 Å². The molecule has 0 spiro atoms. The minimum absolute atomic E-state index is 0.588. The molecular formula is C19H16N2OS2. The van der Waals surface area contributed by atoms with E-state index in [2.05, 4.69) is 42.4 Å². The van der Waals surface area contributed by atoms with E-state index >= 15 is 0 Å². The van der Waals surface area contributed by atoms with Gasteiger partial charge in [-0.1, -0.05) is 25.1 Å². The van der Waals surface area contributed by atoms with Crippen LogP contribution in [-0.4, -0.2) is 22.0 Å². The SMILES string of the molecule is CCSc1cc2ccccc2nc1-c1nc2cc(SC)ccc2o1. The highest BCUT2D eigenvalue weighted by molar-refractivity contribution is 7.99. The maximum Gasteiger partial charge on any atom is 0.247 e. The Morgan fingerprint density at radius 3 is 2.71 bits per heavy atom. The number of hydrogen-bond donors (Lipinski definition) is 0. The summed E-state index contributed by atoms with van der Waals surface area (Å²) in [4.78, 5) is 11.8. The maximum atomic E-state index is 5.99. The molecule has 0 unspecified atom stereocenters. The van der Waals surface area contributed by atoms with Crippen LogP contribution in [0.5, 0.6) is 0 Å². The van der Waals surface area contributed by atoms with Crippen molar-refractivity contribution in [1.29, 1.82) is 0 Å². The van der Waals surface area contributed by atoms with E-state index in [4.69, 9.17) is 9.40 Å². The smallest absolute Gasteiger partial charge is 0.247 e. The molecule has 0 aliphatic carbocycles. The Hall–Kier alpha value is -1.98. The fraction of sp³-hybridized carbons (Fsp3) is 0.158. The van der Waals surface area contributed by atoms with Crippen LogP contribution in [0.2, 0.25) is 0 Å². The average molecular weight is 352 g/mol. The molecule has 120 valence electrons. The molecule has 0 saturated carbocycles. The number of oxazole rings is 1. The minimum atomic E-state index is 0.588. The quantitative estimate of drug-likeness (QED) is 0.429. The number of thioether (sulfide) groups is 2. The van der Waals surface area contributed by atoms with Gasteiger partial charge in [-0.2, -0.15) is 0 Å². The van der Waals surface area contributed by atoms with Gasteiger partial charge in [-0.15, -0.1) is 23.5 Å². The molecular weight excluding hydrogens is 336 g/mol. The lowest BCUT2D eigenvalue weighted by Gasteiger charge is -2.06. The average Bonchev–Trinajstić information content (AvgIpc) is 3.04. The van der Waals surface area contributed by atoms with Gasteiger partial charge in [0.05, 0.1) is 5.52 Å². The molecule has 0 bridgehead atoms. The van der Waals surface area contributed by atoms with Crippen molar-refractivity contribution in [3.05, 3.63) is 48.5 Å². The number of fused-ring (bicyclic) bond motifs is 2. The third-order valence-electron chi connectivity index (χ3n) is 3.79. The summed E-state index contributed by atoms with van der Waals surface area (Å²) in [6.45, 7) is 2.14. The third kappa shape index (κ3) is 2.78.